The number of benzene rings is 2. The van der Waals surface area contributed by atoms with Crippen LogP contribution < -0.4 is 16.0 Å². The average molecular weight is 351 g/mol. The van der Waals surface area contributed by atoms with Crippen molar-refractivity contribution in [2.45, 2.75) is 13.0 Å². The van der Waals surface area contributed by atoms with Crippen LogP contribution in [0.15, 0.2) is 48.5 Å². The number of quaternary nitrogens is 1. The van der Waals surface area contributed by atoms with Gasteiger partial charge in [0, 0.05) is 10.6 Å². The van der Waals surface area contributed by atoms with Crippen LogP contribution in [-0.2, 0) is 4.79 Å². The molecule has 3 amide bonds. The van der Waals surface area contributed by atoms with Crippen molar-refractivity contribution in [3.05, 3.63) is 64.9 Å². The maximum absolute atomic E-state index is 13.4. The number of carbonyl (C=O) groups excluding carboxylic acids is 2. The Hall–Kier alpha value is -2.44. The largest absolute Gasteiger partial charge is 0.333 e. The van der Waals surface area contributed by atoms with E-state index in [-0.39, 0.29) is 18.3 Å². The summed E-state index contributed by atoms with van der Waals surface area (Å²) in [5.74, 6) is -1.04. The number of nitrogens with one attached hydrogen (secondary N) is 2. The number of para-hydroxylation sites is 1. The lowest BCUT2D eigenvalue weighted by atomic mass is 10.1. The molecule has 1 atom stereocenters. The molecule has 0 bridgehead atoms. The van der Waals surface area contributed by atoms with E-state index >= 15 is 0 Å². The Morgan fingerprint density at radius 3 is 2.67 bits per heavy atom. The van der Waals surface area contributed by atoms with Crippen molar-refractivity contribution in [3.63, 3.8) is 0 Å². The van der Waals surface area contributed by atoms with Crippen molar-refractivity contribution < 1.29 is 19.3 Å². The lowest BCUT2D eigenvalue weighted by Crippen LogP contribution is -2.87. The topological polar surface area (TPSA) is 74.8 Å². The molecule has 0 saturated carbocycles. The van der Waals surface area contributed by atoms with E-state index in [2.05, 4.69) is 10.6 Å². The molecule has 0 aliphatic carbocycles. The summed E-state index contributed by atoms with van der Waals surface area (Å²) < 4.78 is 13.4. The van der Waals surface area contributed by atoms with E-state index in [1.807, 2.05) is 25.1 Å². The zero-order valence-corrected chi connectivity index (χ0v) is 13.8. The van der Waals surface area contributed by atoms with Crippen LogP contribution in [-0.4, -0.2) is 18.5 Å². The molecular weight excluding hydrogens is 333 g/mol. The summed E-state index contributed by atoms with van der Waals surface area (Å²) in [4.78, 5) is 23.5. The highest BCUT2D eigenvalue weighted by Crippen LogP contribution is 2.14. The SMILES string of the molecule is C[C@H]([NH2+]CC(=O)NC(=O)Nc1ccccc1F)c1cccc(Cl)c1. The van der Waals surface area contributed by atoms with Gasteiger partial charge in [0.05, 0.1) is 5.69 Å². The van der Waals surface area contributed by atoms with Gasteiger partial charge in [-0.25, -0.2) is 9.18 Å². The van der Waals surface area contributed by atoms with E-state index in [1.54, 1.807) is 17.4 Å². The van der Waals surface area contributed by atoms with Crippen molar-refractivity contribution in [1.29, 1.82) is 0 Å². The minimum Gasteiger partial charge on any atom is -0.333 e. The number of hydrogen-bond acceptors (Lipinski definition) is 2. The second kappa shape index (κ2) is 8.42. The number of amides is 3. The molecule has 0 spiro atoms. The maximum Gasteiger partial charge on any atom is 0.326 e. The fourth-order valence-corrected chi connectivity index (χ4v) is 2.30. The average Bonchev–Trinajstić information content (AvgIpc) is 2.54. The summed E-state index contributed by atoms with van der Waals surface area (Å²) in [6, 6.07) is 12.3. The second-order valence-corrected chi connectivity index (χ2v) is 5.70. The van der Waals surface area contributed by atoms with Gasteiger partial charge in [-0.3, -0.25) is 10.1 Å². The Morgan fingerprint density at radius 1 is 1.21 bits per heavy atom. The summed E-state index contributed by atoms with van der Waals surface area (Å²) in [6.07, 6.45) is 0. The lowest BCUT2D eigenvalue weighted by Gasteiger charge is -2.11. The van der Waals surface area contributed by atoms with Crippen LogP contribution in [0.2, 0.25) is 5.02 Å². The first-order valence-electron chi connectivity index (χ1n) is 7.40. The first-order chi connectivity index (χ1) is 11.5. The highest BCUT2D eigenvalue weighted by molar-refractivity contribution is 6.30. The highest BCUT2D eigenvalue weighted by atomic mass is 35.5. The van der Waals surface area contributed by atoms with Crippen LogP contribution in [0.3, 0.4) is 0 Å². The number of rotatable bonds is 5. The van der Waals surface area contributed by atoms with Gasteiger partial charge in [0.1, 0.15) is 11.9 Å². The summed E-state index contributed by atoms with van der Waals surface area (Å²) in [7, 11) is 0. The predicted octanol–water partition coefficient (Wildman–Crippen LogP) is 2.45. The Bertz CT molecular complexity index is 739. The van der Waals surface area contributed by atoms with Gasteiger partial charge in [-0.1, -0.05) is 35.9 Å². The minimum absolute atomic E-state index is 0.00378. The lowest BCUT2D eigenvalue weighted by molar-refractivity contribution is -0.682. The summed E-state index contributed by atoms with van der Waals surface area (Å²) in [5, 5.41) is 6.85. The number of nitrogens with two attached hydrogens (primary N) is 1. The third kappa shape index (κ3) is 5.33. The zero-order valence-electron chi connectivity index (χ0n) is 13.1. The molecule has 0 aromatic heterocycles. The number of urea groups is 1. The number of halogens is 2. The summed E-state index contributed by atoms with van der Waals surface area (Å²) >= 11 is 5.93. The van der Waals surface area contributed by atoms with Crippen molar-refractivity contribution in [2.24, 2.45) is 0 Å². The number of anilines is 1. The minimum atomic E-state index is -0.770. The summed E-state index contributed by atoms with van der Waals surface area (Å²) in [6.45, 7) is 1.98. The molecule has 0 aliphatic rings. The van der Waals surface area contributed by atoms with Gasteiger partial charge in [0.25, 0.3) is 5.91 Å². The van der Waals surface area contributed by atoms with Crippen molar-refractivity contribution >= 4 is 29.2 Å². The number of imide groups is 1. The fraction of sp³-hybridized carbons (Fsp3) is 0.176. The molecule has 7 heteroatoms. The zero-order chi connectivity index (χ0) is 17.5. The molecule has 0 fully saturated rings. The molecule has 2 rings (SSSR count). The molecule has 126 valence electrons. The molecule has 2 aromatic rings. The maximum atomic E-state index is 13.4. The van der Waals surface area contributed by atoms with E-state index in [4.69, 9.17) is 11.6 Å². The van der Waals surface area contributed by atoms with E-state index in [0.717, 1.165) is 5.56 Å². The Balaban J connectivity index is 1.80. The van der Waals surface area contributed by atoms with Crippen LogP contribution in [0.4, 0.5) is 14.9 Å². The van der Waals surface area contributed by atoms with Gasteiger partial charge in [0.15, 0.2) is 6.54 Å². The van der Waals surface area contributed by atoms with Crippen LogP contribution >= 0.6 is 11.6 Å². The van der Waals surface area contributed by atoms with Crippen molar-refractivity contribution in [1.82, 2.24) is 5.32 Å². The molecule has 2 aromatic carbocycles. The fourth-order valence-electron chi connectivity index (χ4n) is 2.10. The first kappa shape index (κ1) is 17.9. The van der Waals surface area contributed by atoms with E-state index in [9.17, 15) is 14.0 Å². The molecule has 0 unspecified atom stereocenters. The van der Waals surface area contributed by atoms with E-state index in [1.165, 1.54) is 18.2 Å². The van der Waals surface area contributed by atoms with Gasteiger partial charge in [-0.05, 0) is 31.2 Å². The normalized spacial score (nSPS) is 11.6. The molecule has 4 N–H and O–H groups in total. The van der Waals surface area contributed by atoms with Crippen LogP contribution in [0.1, 0.15) is 18.5 Å². The van der Waals surface area contributed by atoms with Gasteiger partial charge in [-0.2, -0.15) is 0 Å². The Morgan fingerprint density at radius 2 is 1.96 bits per heavy atom. The first-order valence-corrected chi connectivity index (χ1v) is 7.77. The third-order valence-corrected chi connectivity index (χ3v) is 3.64. The van der Waals surface area contributed by atoms with Crippen LogP contribution in [0.25, 0.3) is 0 Å². The van der Waals surface area contributed by atoms with Crippen molar-refractivity contribution in [2.75, 3.05) is 11.9 Å². The standard InChI is InChI=1S/C17H17ClFN3O2/c1-11(12-5-4-6-13(18)9-12)20-10-16(23)22-17(24)21-15-8-3-2-7-14(15)19/h2-9,11,20H,10H2,1H3,(H2,21,22,23,24)/p+1/t11-/m0/s1. The van der Waals surface area contributed by atoms with Crippen LogP contribution in [0.5, 0.6) is 0 Å². The predicted molar refractivity (Wildman–Crippen MR) is 90.2 cm³/mol. The quantitative estimate of drug-likeness (QED) is 0.774. The van der Waals surface area contributed by atoms with E-state index < -0.39 is 17.8 Å². The second-order valence-electron chi connectivity index (χ2n) is 5.27. The molecule has 0 saturated heterocycles. The Labute approximate surface area is 144 Å². The molecule has 24 heavy (non-hydrogen) atoms. The number of hydrogen-bond donors (Lipinski definition) is 3. The van der Waals surface area contributed by atoms with Gasteiger partial charge < -0.3 is 10.6 Å². The summed E-state index contributed by atoms with van der Waals surface area (Å²) in [5.41, 5.74) is 0.991. The van der Waals surface area contributed by atoms with Crippen LogP contribution in [0, 0.1) is 5.82 Å². The van der Waals surface area contributed by atoms with Gasteiger partial charge in [0.2, 0.25) is 0 Å². The van der Waals surface area contributed by atoms with Gasteiger partial charge in [-0.15, -0.1) is 0 Å². The molecule has 0 radical (unpaired) electrons. The monoisotopic (exact) mass is 350 g/mol. The van der Waals surface area contributed by atoms with Gasteiger partial charge >= 0.3 is 6.03 Å². The Kier molecular flexibility index (Phi) is 6.28. The highest BCUT2D eigenvalue weighted by Gasteiger charge is 2.14. The smallest absolute Gasteiger partial charge is 0.326 e. The van der Waals surface area contributed by atoms with Crippen molar-refractivity contribution in [3.8, 4) is 0 Å². The number of carbonyl (C=O) groups is 2. The molecule has 0 aliphatic heterocycles. The van der Waals surface area contributed by atoms with E-state index in [0.29, 0.717) is 5.02 Å². The molecule has 0 heterocycles. The third-order valence-electron chi connectivity index (χ3n) is 3.41. The molecule has 5 nitrogen and oxygen atoms in total. The molecular formula is C17H18ClFN3O2+.